The van der Waals surface area contributed by atoms with Crippen LogP contribution in [0.4, 0.5) is 5.82 Å². The van der Waals surface area contributed by atoms with Gasteiger partial charge in [0.15, 0.2) is 0 Å². The highest BCUT2D eigenvalue weighted by Gasteiger charge is 2.18. The highest BCUT2D eigenvalue weighted by atomic mass is 35.5. The fourth-order valence-corrected chi connectivity index (χ4v) is 3.38. The molecule has 0 aromatic carbocycles. The summed E-state index contributed by atoms with van der Waals surface area (Å²) in [6.45, 7) is 8.04. The number of thiazole rings is 1. The molecule has 1 atom stereocenters. The fourth-order valence-electron chi connectivity index (χ4n) is 2.29. The summed E-state index contributed by atoms with van der Waals surface area (Å²) in [6.07, 6.45) is 1.47. The van der Waals surface area contributed by atoms with Crippen LogP contribution in [-0.2, 0) is 0 Å². The first kappa shape index (κ1) is 14.2. The van der Waals surface area contributed by atoms with Crippen LogP contribution in [0.25, 0.3) is 5.78 Å². The molecule has 0 bridgehead atoms. The lowest BCUT2D eigenvalue weighted by Gasteiger charge is -2.17. The number of fused-ring (bicyclic) bond motifs is 1. The molecule has 3 aromatic rings. The zero-order chi connectivity index (χ0) is 15.1. The largest absolute Gasteiger partial charge is 0.362 e. The molecule has 0 fully saturated rings. The standard InChI is InChI=1S/C13H15ClN6S/c1-6-11(14)19-13-15-5-16-20(13)12(6)18-8(3)10-7(2)17-9(4)21-10/h5,8,18H,1-4H3. The topological polar surface area (TPSA) is 68.0 Å². The Kier molecular flexibility index (Phi) is 3.54. The van der Waals surface area contributed by atoms with E-state index in [-0.39, 0.29) is 6.04 Å². The van der Waals surface area contributed by atoms with E-state index in [1.54, 1.807) is 15.9 Å². The minimum absolute atomic E-state index is 0.0979. The second-order valence-electron chi connectivity index (χ2n) is 4.90. The number of rotatable bonds is 3. The Labute approximate surface area is 131 Å². The maximum Gasteiger partial charge on any atom is 0.255 e. The summed E-state index contributed by atoms with van der Waals surface area (Å²) in [6, 6.07) is 0.0979. The first-order chi connectivity index (χ1) is 9.97. The summed E-state index contributed by atoms with van der Waals surface area (Å²) in [4.78, 5) is 14.0. The molecule has 0 spiro atoms. The van der Waals surface area contributed by atoms with E-state index in [9.17, 15) is 0 Å². The molecule has 0 aliphatic carbocycles. The minimum atomic E-state index is 0.0979. The predicted octanol–water partition coefficient (Wildman–Crippen LogP) is 3.33. The molecule has 1 N–H and O–H groups in total. The third-order valence-corrected chi connectivity index (χ3v) is 4.91. The summed E-state index contributed by atoms with van der Waals surface area (Å²) < 4.78 is 1.67. The van der Waals surface area contributed by atoms with E-state index in [1.807, 2.05) is 20.8 Å². The van der Waals surface area contributed by atoms with E-state index < -0.39 is 0 Å². The zero-order valence-electron chi connectivity index (χ0n) is 12.2. The molecule has 110 valence electrons. The number of anilines is 1. The molecule has 21 heavy (non-hydrogen) atoms. The molecule has 0 aliphatic rings. The van der Waals surface area contributed by atoms with Gasteiger partial charge >= 0.3 is 0 Å². The van der Waals surface area contributed by atoms with Gasteiger partial charge < -0.3 is 5.32 Å². The second-order valence-corrected chi connectivity index (χ2v) is 6.49. The Balaban J connectivity index is 2.03. The molecular weight excluding hydrogens is 308 g/mol. The van der Waals surface area contributed by atoms with Crippen LogP contribution in [0.1, 0.15) is 34.1 Å². The summed E-state index contributed by atoms with van der Waals surface area (Å²) in [5, 5.41) is 9.16. The Hall–Kier alpha value is -1.73. The second kappa shape index (κ2) is 5.23. The first-order valence-electron chi connectivity index (χ1n) is 6.53. The highest BCUT2D eigenvalue weighted by Crippen LogP contribution is 2.30. The van der Waals surface area contributed by atoms with E-state index in [4.69, 9.17) is 11.6 Å². The lowest BCUT2D eigenvalue weighted by atomic mass is 10.2. The van der Waals surface area contributed by atoms with Crippen LogP contribution in [0.15, 0.2) is 6.33 Å². The first-order valence-corrected chi connectivity index (χ1v) is 7.73. The van der Waals surface area contributed by atoms with Crippen molar-refractivity contribution in [2.24, 2.45) is 0 Å². The van der Waals surface area contributed by atoms with Crippen molar-refractivity contribution in [3.63, 3.8) is 0 Å². The van der Waals surface area contributed by atoms with Crippen LogP contribution in [0.5, 0.6) is 0 Å². The SMILES string of the molecule is Cc1nc(C)c(C(C)Nc2c(C)c(Cl)nc3ncnn23)s1. The van der Waals surface area contributed by atoms with Gasteiger partial charge in [-0.05, 0) is 27.7 Å². The van der Waals surface area contributed by atoms with Crippen molar-refractivity contribution in [3.05, 3.63) is 32.6 Å². The number of nitrogens with zero attached hydrogens (tertiary/aromatic N) is 5. The third-order valence-electron chi connectivity index (χ3n) is 3.29. The summed E-state index contributed by atoms with van der Waals surface area (Å²) in [5.74, 6) is 1.29. The van der Waals surface area contributed by atoms with E-state index in [2.05, 4.69) is 32.3 Å². The van der Waals surface area contributed by atoms with Gasteiger partial charge in [0.05, 0.1) is 16.7 Å². The van der Waals surface area contributed by atoms with E-state index in [0.29, 0.717) is 10.9 Å². The average molecular weight is 323 g/mol. The van der Waals surface area contributed by atoms with Crippen LogP contribution in [0.3, 0.4) is 0 Å². The molecule has 3 rings (SSSR count). The molecule has 8 heteroatoms. The molecule has 0 saturated heterocycles. The molecule has 0 saturated carbocycles. The smallest absolute Gasteiger partial charge is 0.255 e. The average Bonchev–Trinajstić information content (AvgIpc) is 3.00. The molecule has 3 heterocycles. The Morgan fingerprint density at radius 1 is 1.29 bits per heavy atom. The van der Waals surface area contributed by atoms with E-state index in [1.165, 1.54) is 11.2 Å². The van der Waals surface area contributed by atoms with Crippen LogP contribution < -0.4 is 5.32 Å². The maximum absolute atomic E-state index is 6.17. The van der Waals surface area contributed by atoms with Gasteiger partial charge in [0, 0.05) is 10.4 Å². The maximum atomic E-state index is 6.17. The monoisotopic (exact) mass is 322 g/mol. The van der Waals surface area contributed by atoms with E-state index >= 15 is 0 Å². The summed E-state index contributed by atoms with van der Waals surface area (Å²) in [7, 11) is 0. The molecule has 0 aliphatic heterocycles. The van der Waals surface area contributed by atoms with Gasteiger partial charge in [-0.1, -0.05) is 11.6 Å². The number of hydrogen-bond donors (Lipinski definition) is 1. The van der Waals surface area contributed by atoms with Gasteiger partial charge in [-0.2, -0.15) is 19.6 Å². The van der Waals surface area contributed by atoms with Crippen molar-refractivity contribution in [2.75, 3.05) is 5.32 Å². The number of hydrogen-bond acceptors (Lipinski definition) is 6. The predicted molar refractivity (Wildman–Crippen MR) is 84.2 cm³/mol. The zero-order valence-corrected chi connectivity index (χ0v) is 13.7. The third kappa shape index (κ3) is 2.47. The van der Waals surface area contributed by atoms with Crippen molar-refractivity contribution in [1.82, 2.24) is 24.6 Å². The molecular formula is C13H15ClN6S. The number of nitrogens with one attached hydrogen (secondary N) is 1. The van der Waals surface area contributed by atoms with Crippen LogP contribution in [-0.4, -0.2) is 24.6 Å². The molecule has 0 radical (unpaired) electrons. The molecule has 6 nitrogen and oxygen atoms in total. The van der Waals surface area contributed by atoms with Gasteiger partial charge in [0.1, 0.15) is 17.3 Å². The van der Waals surface area contributed by atoms with Gasteiger partial charge in [0.25, 0.3) is 5.78 Å². The van der Waals surface area contributed by atoms with Crippen molar-refractivity contribution >= 4 is 34.5 Å². The molecule has 3 aromatic heterocycles. The van der Waals surface area contributed by atoms with Gasteiger partial charge in [-0.15, -0.1) is 11.3 Å². The Morgan fingerprint density at radius 2 is 2.05 bits per heavy atom. The van der Waals surface area contributed by atoms with Crippen molar-refractivity contribution in [1.29, 1.82) is 0 Å². The highest BCUT2D eigenvalue weighted by molar-refractivity contribution is 7.11. The number of halogens is 1. The van der Waals surface area contributed by atoms with Crippen molar-refractivity contribution < 1.29 is 0 Å². The Morgan fingerprint density at radius 3 is 2.71 bits per heavy atom. The number of aromatic nitrogens is 5. The summed E-state index contributed by atoms with van der Waals surface area (Å²) in [5.41, 5.74) is 1.89. The van der Waals surface area contributed by atoms with Crippen LogP contribution in [0, 0.1) is 20.8 Å². The number of aryl methyl sites for hydroxylation is 2. The summed E-state index contributed by atoms with van der Waals surface area (Å²) >= 11 is 7.86. The lowest BCUT2D eigenvalue weighted by Crippen LogP contribution is -2.12. The van der Waals surface area contributed by atoms with Gasteiger partial charge in [-0.3, -0.25) is 0 Å². The van der Waals surface area contributed by atoms with Crippen LogP contribution >= 0.6 is 22.9 Å². The molecule has 1 unspecified atom stereocenters. The normalized spacial score (nSPS) is 12.8. The quantitative estimate of drug-likeness (QED) is 0.749. The molecule has 0 amide bonds. The van der Waals surface area contributed by atoms with Crippen molar-refractivity contribution in [2.45, 2.75) is 33.7 Å². The van der Waals surface area contributed by atoms with E-state index in [0.717, 1.165) is 22.1 Å². The van der Waals surface area contributed by atoms with Crippen molar-refractivity contribution in [3.8, 4) is 0 Å². The Bertz CT molecular complexity index is 808. The fraction of sp³-hybridized carbons (Fsp3) is 0.385. The van der Waals surface area contributed by atoms with Gasteiger partial charge in [0.2, 0.25) is 0 Å². The van der Waals surface area contributed by atoms with Crippen LogP contribution in [0.2, 0.25) is 5.15 Å². The minimum Gasteiger partial charge on any atom is -0.362 e. The lowest BCUT2D eigenvalue weighted by molar-refractivity contribution is 0.839. The van der Waals surface area contributed by atoms with Gasteiger partial charge in [-0.25, -0.2) is 4.98 Å².